The molecule has 20 heavy (non-hydrogen) atoms. The SMILES string of the molecule is CCOC(=O)C1(C=C2CCCN2C)C=CC=CC1OC. The van der Waals surface area contributed by atoms with Gasteiger partial charge in [-0.3, -0.25) is 4.79 Å². The van der Waals surface area contributed by atoms with Crippen molar-refractivity contribution in [1.29, 1.82) is 0 Å². The molecule has 2 aliphatic rings. The van der Waals surface area contributed by atoms with E-state index in [9.17, 15) is 4.79 Å². The van der Waals surface area contributed by atoms with Gasteiger partial charge in [-0.05, 0) is 25.8 Å². The third-order valence-corrected chi connectivity index (χ3v) is 3.94. The minimum Gasteiger partial charge on any atom is -0.465 e. The molecule has 1 saturated heterocycles. The summed E-state index contributed by atoms with van der Waals surface area (Å²) in [6.07, 6.45) is 11.4. The Bertz CT molecular complexity index is 453. The lowest BCUT2D eigenvalue weighted by atomic mass is 9.78. The van der Waals surface area contributed by atoms with Crippen LogP contribution in [0.4, 0.5) is 0 Å². The molecule has 1 fully saturated rings. The molecule has 2 unspecified atom stereocenters. The first-order valence-electron chi connectivity index (χ1n) is 7.13. The third-order valence-electron chi connectivity index (χ3n) is 3.94. The summed E-state index contributed by atoms with van der Waals surface area (Å²) in [6, 6.07) is 0. The molecule has 0 bridgehead atoms. The lowest BCUT2D eigenvalue weighted by Gasteiger charge is -2.34. The van der Waals surface area contributed by atoms with Crippen molar-refractivity contribution < 1.29 is 14.3 Å². The van der Waals surface area contributed by atoms with Gasteiger partial charge in [0, 0.05) is 26.4 Å². The van der Waals surface area contributed by atoms with Crippen LogP contribution in [0, 0.1) is 5.41 Å². The summed E-state index contributed by atoms with van der Waals surface area (Å²) in [6.45, 7) is 3.22. The number of rotatable bonds is 4. The van der Waals surface area contributed by atoms with Crippen molar-refractivity contribution in [1.82, 2.24) is 4.90 Å². The zero-order chi connectivity index (χ0) is 14.6. The van der Waals surface area contributed by atoms with Gasteiger partial charge in [0.2, 0.25) is 0 Å². The number of ether oxygens (including phenoxy) is 2. The Balaban J connectivity index is 2.41. The van der Waals surface area contributed by atoms with E-state index in [1.807, 2.05) is 37.3 Å². The minimum absolute atomic E-state index is 0.250. The molecule has 0 amide bonds. The number of hydrogen-bond acceptors (Lipinski definition) is 4. The number of carbonyl (C=O) groups is 1. The van der Waals surface area contributed by atoms with Gasteiger partial charge in [-0.25, -0.2) is 0 Å². The van der Waals surface area contributed by atoms with E-state index in [4.69, 9.17) is 9.47 Å². The number of esters is 1. The number of hydrogen-bond donors (Lipinski definition) is 0. The second-order valence-electron chi connectivity index (χ2n) is 5.21. The maximum atomic E-state index is 12.5. The summed E-state index contributed by atoms with van der Waals surface area (Å²) in [5, 5.41) is 0. The topological polar surface area (TPSA) is 38.8 Å². The molecule has 0 aromatic heterocycles. The van der Waals surface area contributed by atoms with E-state index in [2.05, 4.69) is 11.9 Å². The monoisotopic (exact) mass is 277 g/mol. The van der Waals surface area contributed by atoms with Gasteiger partial charge in [0.05, 0.1) is 12.7 Å². The maximum absolute atomic E-state index is 12.5. The van der Waals surface area contributed by atoms with Crippen LogP contribution in [0.1, 0.15) is 19.8 Å². The molecule has 4 nitrogen and oxygen atoms in total. The molecule has 2 atom stereocenters. The Morgan fingerprint density at radius 2 is 2.35 bits per heavy atom. The van der Waals surface area contributed by atoms with Crippen LogP contribution >= 0.6 is 0 Å². The molecule has 1 heterocycles. The molecule has 4 heteroatoms. The minimum atomic E-state index is -0.854. The fourth-order valence-electron chi connectivity index (χ4n) is 2.83. The van der Waals surface area contributed by atoms with E-state index in [1.54, 1.807) is 7.11 Å². The highest BCUT2D eigenvalue weighted by atomic mass is 16.5. The zero-order valence-electron chi connectivity index (χ0n) is 12.5. The van der Waals surface area contributed by atoms with E-state index < -0.39 is 5.41 Å². The predicted molar refractivity (Wildman–Crippen MR) is 78.1 cm³/mol. The standard InChI is InChI=1S/C16H23NO3/c1-4-20-15(18)16(10-6-5-9-14(16)19-3)12-13-8-7-11-17(13)2/h5-6,9-10,12,14H,4,7-8,11H2,1-3H3. The summed E-state index contributed by atoms with van der Waals surface area (Å²) < 4.78 is 10.8. The van der Waals surface area contributed by atoms with Gasteiger partial charge in [0.15, 0.2) is 0 Å². The Kier molecular flexibility index (Phi) is 4.65. The molecule has 2 rings (SSSR count). The Labute approximate surface area is 120 Å². The smallest absolute Gasteiger partial charge is 0.322 e. The predicted octanol–water partition coefficient (Wildman–Crippen LogP) is 2.29. The largest absolute Gasteiger partial charge is 0.465 e. The van der Waals surface area contributed by atoms with Gasteiger partial charge in [-0.15, -0.1) is 0 Å². The molecule has 0 N–H and O–H groups in total. The number of nitrogens with zero attached hydrogens (tertiary/aromatic N) is 1. The van der Waals surface area contributed by atoms with Gasteiger partial charge in [0.1, 0.15) is 5.41 Å². The van der Waals surface area contributed by atoms with Crippen LogP contribution in [0.2, 0.25) is 0 Å². The molecule has 0 spiro atoms. The second-order valence-corrected chi connectivity index (χ2v) is 5.21. The van der Waals surface area contributed by atoms with Crippen molar-refractivity contribution >= 4 is 5.97 Å². The van der Waals surface area contributed by atoms with Crippen molar-refractivity contribution in [2.24, 2.45) is 5.41 Å². The molecule has 0 aromatic carbocycles. The third kappa shape index (κ3) is 2.66. The first-order chi connectivity index (χ1) is 9.64. The number of methoxy groups -OCH3 is 1. The van der Waals surface area contributed by atoms with E-state index in [1.165, 1.54) is 5.70 Å². The first kappa shape index (κ1) is 14.9. The van der Waals surface area contributed by atoms with Crippen molar-refractivity contribution in [3.8, 4) is 0 Å². The molecule has 1 aliphatic heterocycles. The molecule has 0 saturated carbocycles. The second kappa shape index (κ2) is 6.27. The van der Waals surface area contributed by atoms with E-state index >= 15 is 0 Å². The van der Waals surface area contributed by atoms with Crippen LogP contribution in [0.25, 0.3) is 0 Å². The van der Waals surface area contributed by atoms with Crippen LogP contribution in [0.3, 0.4) is 0 Å². The van der Waals surface area contributed by atoms with Gasteiger partial charge in [0.25, 0.3) is 0 Å². The quantitative estimate of drug-likeness (QED) is 0.739. The molecular weight excluding hydrogens is 254 g/mol. The fourth-order valence-corrected chi connectivity index (χ4v) is 2.83. The summed E-state index contributed by atoms with van der Waals surface area (Å²) >= 11 is 0. The van der Waals surface area contributed by atoms with Gasteiger partial charge < -0.3 is 14.4 Å². The van der Waals surface area contributed by atoms with Crippen molar-refractivity contribution in [2.75, 3.05) is 27.3 Å². The van der Waals surface area contributed by atoms with Crippen molar-refractivity contribution in [3.05, 3.63) is 36.1 Å². The van der Waals surface area contributed by atoms with Gasteiger partial charge >= 0.3 is 5.97 Å². The molecule has 0 aromatic rings. The van der Waals surface area contributed by atoms with Gasteiger partial charge in [-0.2, -0.15) is 0 Å². The van der Waals surface area contributed by atoms with Crippen LogP contribution < -0.4 is 0 Å². The van der Waals surface area contributed by atoms with Crippen LogP contribution in [-0.2, 0) is 14.3 Å². The number of likely N-dealkylation sites (tertiary alicyclic amines) is 1. The van der Waals surface area contributed by atoms with Crippen molar-refractivity contribution in [2.45, 2.75) is 25.9 Å². The van der Waals surface area contributed by atoms with Crippen LogP contribution in [0.15, 0.2) is 36.1 Å². The highest BCUT2D eigenvalue weighted by molar-refractivity contribution is 5.83. The van der Waals surface area contributed by atoms with Gasteiger partial charge in [-0.1, -0.05) is 24.3 Å². The summed E-state index contributed by atoms with van der Waals surface area (Å²) in [7, 11) is 3.68. The number of carbonyl (C=O) groups excluding carboxylic acids is 1. The average molecular weight is 277 g/mol. The molecule has 110 valence electrons. The van der Waals surface area contributed by atoms with Crippen molar-refractivity contribution in [3.63, 3.8) is 0 Å². The molecule has 0 radical (unpaired) electrons. The summed E-state index contributed by atoms with van der Waals surface area (Å²) in [5.74, 6) is -0.250. The lowest BCUT2D eigenvalue weighted by molar-refractivity contribution is -0.154. The summed E-state index contributed by atoms with van der Waals surface area (Å²) in [4.78, 5) is 14.7. The van der Waals surface area contributed by atoms with E-state index in [0.717, 1.165) is 19.4 Å². The molecular formula is C16H23NO3. The van der Waals surface area contributed by atoms with Crippen LogP contribution in [-0.4, -0.2) is 44.3 Å². The highest BCUT2D eigenvalue weighted by Gasteiger charge is 2.44. The summed E-state index contributed by atoms with van der Waals surface area (Å²) in [5.41, 5.74) is 0.327. The zero-order valence-corrected chi connectivity index (χ0v) is 12.5. The normalized spacial score (nSPS) is 31.1. The Morgan fingerprint density at radius 1 is 1.55 bits per heavy atom. The number of allylic oxidation sites excluding steroid dienone is 3. The van der Waals surface area contributed by atoms with E-state index in [0.29, 0.717) is 6.61 Å². The highest BCUT2D eigenvalue weighted by Crippen LogP contribution is 2.37. The fraction of sp³-hybridized carbons (Fsp3) is 0.562. The average Bonchev–Trinajstić information content (AvgIpc) is 2.85. The Morgan fingerprint density at radius 3 is 2.95 bits per heavy atom. The van der Waals surface area contributed by atoms with E-state index in [-0.39, 0.29) is 12.1 Å². The molecule has 1 aliphatic carbocycles. The lowest BCUT2D eigenvalue weighted by Crippen LogP contribution is -2.42. The van der Waals surface area contributed by atoms with Crippen LogP contribution in [0.5, 0.6) is 0 Å². The Hall–Kier alpha value is -1.55. The first-order valence-corrected chi connectivity index (χ1v) is 7.13. The maximum Gasteiger partial charge on any atom is 0.322 e.